The summed E-state index contributed by atoms with van der Waals surface area (Å²) in [5.41, 5.74) is 1.51. The SMILES string of the molecule is CCNC(=O)CNc1nc2ccccc2cc1CO. The average Bonchev–Trinajstić information content (AvgIpc) is 2.44. The Bertz CT molecular complexity index is 584. The van der Waals surface area contributed by atoms with E-state index in [0.717, 1.165) is 10.9 Å². The Labute approximate surface area is 111 Å². The van der Waals surface area contributed by atoms with Crippen LogP contribution in [0.5, 0.6) is 0 Å². The summed E-state index contributed by atoms with van der Waals surface area (Å²) < 4.78 is 0. The molecule has 1 heterocycles. The summed E-state index contributed by atoms with van der Waals surface area (Å²) in [6, 6.07) is 9.54. The van der Waals surface area contributed by atoms with Gasteiger partial charge in [0.2, 0.25) is 5.91 Å². The summed E-state index contributed by atoms with van der Waals surface area (Å²) in [5, 5.41) is 16.0. The first-order valence-electron chi connectivity index (χ1n) is 6.24. The summed E-state index contributed by atoms with van der Waals surface area (Å²) in [6.45, 7) is 2.49. The Morgan fingerprint density at radius 3 is 2.89 bits per heavy atom. The monoisotopic (exact) mass is 259 g/mol. The Hall–Kier alpha value is -2.14. The van der Waals surface area contributed by atoms with Crippen molar-refractivity contribution in [2.24, 2.45) is 0 Å². The van der Waals surface area contributed by atoms with Gasteiger partial charge >= 0.3 is 0 Å². The highest BCUT2D eigenvalue weighted by molar-refractivity contribution is 5.84. The molecule has 0 aliphatic heterocycles. The number of aliphatic hydroxyl groups is 1. The molecule has 0 bridgehead atoms. The molecule has 0 atom stereocenters. The van der Waals surface area contributed by atoms with E-state index in [1.165, 1.54) is 0 Å². The first-order valence-corrected chi connectivity index (χ1v) is 6.24. The molecule has 0 radical (unpaired) electrons. The van der Waals surface area contributed by atoms with E-state index in [0.29, 0.717) is 17.9 Å². The fourth-order valence-corrected chi connectivity index (χ4v) is 1.86. The van der Waals surface area contributed by atoms with Crippen molar-refractivity contribution in [3.05, 3.63) is 35.9 Å². The smallest absolute Gasteiger partial charge is 0.239 e. The standard InChI is InChI=1S/C14H17N3O2/c1-2-15-13(19)8-16-14-11(9-18)7-10-5-3-4-6-12(10)17-14/h3-7,18H,2,8-9H2,1H3,(H,15,19)(H,16,17). The van der Waals surface area contributed by atoms with E-state index in [-0.39, 0.29) is 19.1 Å². The number of aliphatic hydroxyl groups excluding tert-OH is 1. The first-order chi connectivity index (χ1) is 9.24. The van der Waals surface area contributed by atoms with Crippen molar-refractivity contribution in [3.63, 3.8) is 0 Å². The van der Waals surface area contributed by atoms with E-state index >= 15 is 0 Å². The minimum atomic E-state index is -0.116. The third-order valence-electron chi connectivity index (χ3n) is 2.76. The van der Waals surface area contributed by atoms with Crippen LogP contribution in [0, 0.1) is 0 Å². The first kappa shape index (κ1) is 13.3. The number of anilines is 1. The third-order valence-corrected chi connectivity index (χ3v) is 2.76. The van der Waals surface area contributed by atoms with Crippen LogP contribution in [-0.4, -0.2) is 29.1 Å². The van der Waals surface area contributed by atoms with Crippen molar-refractivity contribution < 1.29 is 9.90 Å². The fraction of sp³-hybridized carbons (Fsp3) is 0.286. The highest BCUT2D eigenvalue weighted by atomic mass is 16.3. The molecule has 1 aromatic carbocycles. The Kier molecular flexibility index (Phi) is 4.30. The topological polar surface area (TPSA) is 74.2 Å². The molecule has 1 aromatic heterocycles. The number of carbonyl (C=O) groups is 1. The molecule has 19 heavy (non-hydrogen) atoms. The van der Waals surface area contributed by atoms with Gasteiger partial charge in [-0.1, -0.05) is 18.2 Å². The lowest BCUT2D eigenvalue weighted by Gasteiger charge is -2.11. The van der Waals surface area contributed by atoms with Crippen LogP contribution in [0.2, 0.25) is 0 Å². The fourth-order valence-electron chi connectivity index (χ4n) is 1.86. The number of nitrogens with one attached hydrogen (secondary N) is 2. The number of aromatic nitrogens is 1. The number of hydrogen-bond donors (Lipinski definition) is 3. The summed E-state index contributed by atoms with van der Waals surface area (Å²) in [4.78, 5) is 15.8. The maximum absolute atomic E-state index is 11.4. The molecule has 100 valence electrons. The number of fused-ring (bicyclic) bond motifs is 1. The Balaban J connectivity index is 2.23. The quantitative estimate of drug-likeness (QED) is 0.756. The third kappa shape index (κ3) is 3.20. The van der Waals surface area contributed by atoms with Gasteiger partial charge < -0.3 is 15.7 Å². The van der Waals surface area contributed by atoms with Gasteiger partial charge in [-0.2, -0.15) is 0 Å². The highest BCUT2D eigenvalue weighted by Crippen LogP contribution is 2.20. The maximum atomic E-state index is 11.4. The van der Waals surface area contributed by atoms with Gasteiger partial charge in [0, 0.05) is 17.5 Å². The van der Waals surface area contributed by atoms with Gasteiger partial charge in [0.25, 0.3) is 0 Å². The number of rotatable bonds is 5. The van der Waals surface area contributed by atoms with Crippen molar-refractivity contribution >= 4 is 22.6 Å². The normalized spacial score (nSPS) is 10.4. The van der Waals surface area contributed by atoms with Crippen LogP contribution in [-0.2, 0) is 11.4 Å². The predicted octanol–water partition coefficient (Wildman–Crippen LogP) is 1.28. The van der Waals surface area contributed by atoms with Crippen LogP contribution in [0.1, 0.15) is 12.5 Å². The summed E-state index contributed by atoms with van der Waals surface area (Å²) in [7, 11) is 0. The zero-order valence-corrected chi connectivity index (χ0v) is 10.8. The van der Waals surface area contributed by atoms with E-state index in [9.17, 15) is 9.90 Å². The van der Waals surface area contributed by atoms with Crippen LogP contribution in [0.15, 0.2) is 30.3 Å². The van der Waals surface area contributed by atoms with Gasteiger partial charge in [-0.3, -0.25) is 4.79 Å². The molecule has 0 aliphatic rings. The second kappa shape index (κ2) is 6.15. The second-order valence-electron chi connectivity index (χ2n) is 4.15. The van der Waals surface area contributed by atoms with Crippen molar-refractivity contribution in [1.82, 2.24) is 10.3 Å². The van der Waals surface area contributed by atoms with Crippen LogP contribution in [0.3, 0.4) is 0 Å². The van der Waals surface area contributed by atoms with E-state index in [2.05, 4.69) is 15.6 Å². The van der Waals surface area contributed by atoms with Crippen LogP contribution >= 0.6 is 0 Å². The van der Waals surface area contributed by atoms with Gasteiger partial charge in [0.1, 0.15) is 5.82 Å². The van der Waals surface area contributed by atoms with Crippen LogP contribution in [0.4, 0.5) is 5.82 Å². The average molecular weight is 259 g/mol. The number of pyridine rings is 1. The zero-order valence-electron chi connectivity index (χ0n) is 10.8. The number of benzene rings is 1. The number of likely N-dealkylation sites (N-methyl/N-ethyl adjacent to an activating group) is 1. The molecule has 2 aromatic rings. The van der Waals surface area contributed by atoms with E-state index in [1.54, 1.807) is 0 Å². The molecule has 5 nitrogen and oxygen atoms in total. The molecule has 1 amide bonds. The Morgan fingerprint density at radius 2 is 2.16 bits per heavy atom. The van der Waals surface area contributed by atoms with E-state index in [4.69, 9.17) is 0 Å². The molecule has 3 N–H and O–H groups in total. The van der Waals surface area contributed by atoms with Crippen molar-refractivity contribution in [2.75, 3.05) is 18.4 Å². The number of para-hydroxylation sites is 1. The molecule has 0 saturated heterocycles. The number of amides is 1. The predicted molar refractivity (Wildman–Crippen MR) is 74.8 cm³/mol. The van der Waals surface area contributed by atoms with Crippen molar-refractivity contribution in [1.29, 1.82) is 0 Å². The highest BCUT2D eigenvalue weighted by Gasteiger charge is 2.07. The molecule has 0 fully saturated rings. The number of nitrogens with zero attached hydrogens (tertiary/aromatic N) is 1. The van der Waals surface area contributed by atoms with Crippen LogP contribution < -0.4 is 10.6 Å². The lowest BCUT2D eigenvalue weighted by atomic mass is 10.1. The molecule has 5 heteroatoms. The second-order valence-corrected chi connectivity index (χ2v) is 4.15. The van der Waals surface area contributed by atoms with Gasteiger partial charge in [-0.25, -0.2) is 4.98 Å². The lowest BCUT2D eigenvalue weighted by Crippen LogP contribution is -2.29. The van der Waals surface area contributed by atoms with Crippen LogP contribution in [0.25, 0.3) is 10.9 Å². The van der Waals surface area contributed by atoms with Gasteiger partial charge in [0.05, 0.1) is 18.7 Å². The molecular formula is C14H17N3O2. The molecular weight excluding hydrogens is 242 g/mol. The lowest BCUT2D eigenvalue weighted by molar-refractivity contribution is -0.119. The zero-order chi connectivity index (χ0) is 13.7. The van der Waals surface area contributed by atoms with E-state index in [1.807, 2.05) is 37.3 Å². The summed E-state index contributed by atoms with van der Waals surface area (Å²) >= 11 is 0. The summed E-state index contributed by atoms with van der Waals surface area (Å²) in [5.74, 6) is 0.453. The Morgan fingerprint density at radius 1 is 1.37 bits per heavy atom. The van der Waals surface area contributed by atoms with Crippen molar-refractivity contribution in [3.8, 4) is 0 Å². The minimum absolute atomic E-state index is 0.0960. The minimum Gasteiger partial charge on any atom is -0.392 e. The molecule has 2 rings (SSSR count). The van der Waals surface area contributed by atoms with Gasteiger partial charge in [0.15, 0.2) is 0 Å². The van der Waals surface area contributed by atoms with Gasteiger partial charge in [-0.15, -0.1) is 0 Å². The van der Waals surface area contributed by atoms with Gasteiger partial charge in [-0.05, 0) is 19.1 Å². The molecule has 0 unspecified atom stereocenters. The number of carbonyl (C=O) groups excluding carboxylic acids is 1. The largest absolute Gasteiger partial charge is 0.392 e. The van der Waals surface area contributed by atoms with Crippen molar-refractivity contribution in [2.45, 2.75) is 13.5 Å². The number of hydrogen-bond acceptors (Lipinski definition) is 4. The molecule has 0 saturated carbocycles. The molecule has 0 aliphatic carbocycles. The molecule has 0 spiro atoms. The summed E-state index contributed by atoms with van der Waals surface area (Å²) in [6.07, 6.45) is 0. The van der Waals surface area contributed by atoms with E-state index < -0.39 is 0 Å². The maximum Gasteiger partial charge on any atom is 0.239 e.